The number of ether oxygens (including phenoxy) is 1. The highest BCUT2D eigenvalue weighted by molar-refractivity contribution is 5.62. The van der Waals surface area contributed by atoms with Gasteiger partial charge in [0.15, 0.2) is 0 Å². The molecule has 0 fully saturated rings. The molecule has 4 heteroatoms. The molecular weight excluding hydrogens is 326 g/mol. The van der Waals surface area contributed by atoms with Crippen LogP contribution in [0.3, 0.4) is 0 Å². The summed E-state index contributed by atoms with van der Waals surface area (Å²) in [6.07, 6.45) is 5.44. The number of rotatable bonds is 4. The number of nitrogens with one attached hydrogen (secondary N) is 1. The van der Waals surface area contributed by atoms with Gasteiger partial charge in [-0.1, -0.05) is 26.0 Å². The Hall–Kier alpha value is -2.62. The maximum absolute atomic E-state index is 10.3. The molecule has 1 heterocycles. The molecule has 3 unspecified atom stereocenters. The summed E-state index contributed by atoms with van der Waals surface area (Å²) in [5.41, 5.74) is 3.15. The van der Waals surface area contributed by atoms with E-state index in [-0.39, 0.29) is 17.5 Å². The zero-order valence-corrected chi connectivity index (χ0v) is 15.1. The Balaban J connectivity index is 1.68. The van der Waals surface area contributed by atoms with Gasteiger partial charge in [-0.2, -0.15) is 0 Å². The summed E-state index contributed by atoms with van der Waals surface area (Å²) >= 11 is 0. The van der Waals surface area contributed by atoms with Gasteiger partial charge in [0.05, 0.1) is 12.6 Å². The smallest absolute Gasteiger partial charge is 0.124 e. The minimum Gasteiger partial charge on any atom is -0.508 e. The molecule has 0 bridgehead atoms. The van der Waals surface area contributed by atoms with Gasteiger partial charge in [0, 0.05) is 23.2 Å². The fourth-order valence-corrected chi connectivity index (χ4v) is 4.03. The lowest BCUT2D eigenvalue weighted by Crippen LogP contribution is -2.29. The molecule has 0 saturated carbocycles. The van der Waals surface area contributed by atoms with E-state index >= 15 is 0 Å². The van der Waals surface area contributed by atoms with Crippen molar-refractivity contribution < 1.29 is 14.9 Å². The van der Waals surface area contributed by atoms with E-state index in [0.29, 0.717) is 24.4 Å². The van der Waals surface area contributed by atoms with Crippen molar-refractivity contribution in [2.24, 2.45) is 11.8 Å². The lowest BCUT2D eigenvalue weighted by molar-refractivity contribution is 0.270. The van der Waals surface area contributed by atoms with Gasteiger partial charge in [0.2, 0.25) is 0 Å². The van der Waals surface area contributed by atoms with Gasteiger partial charge in [-0.15, -0.1) is 0 Å². The van der Waals surface area contributed by atoms with Crippen molar-refractivity contribution in [3.8, 4) is 17.2 Å². The van der Waals surface area contributed by atoms with Crippen molar-refractivity contribution in [3.63, 3.8) is 0 Å². The molecule has 1 aliphatic carbocycles. The Kier molecular flexibility index (Phi) is 4.27. The highest BCUT2D eigenvalue weighted by Crippen LogP contribution is 2.51. The summed E-state index contributed by atoms with van der Waals surface area (Å²) in [5.74, 6) is 2.24. The van der Waals surface area contributed by atoms with Crippen LogP contribution in [0.2, 0.25) is 0 Å². The maximum atomic E-state index is 10.3. The summed E-state index contributed by atoms with van der Waals surface area (Å²) in [7, 11) is 0. The van der Waals surface area contributed by atoms with Crippen LogP contribution in [-0.4, -0.2) is 16.8 Å². The van der Waals surface area contributed by atoms with E-state index in [1.807, 2.05) is 12.1 Å². The molecule has 3 N–H and O–H groups in total. The summed E-state index contributed by atoms with van der Waals surface area (Å²) in [6.45, 7) is 5.00. The van der Waals surface area contributed by atoms with Crippen molar-refractivity contribution in [2.45, 2.75) is 32.2 Å². The second kappa shape index (κ2) is 6.60. The monoisotopic (exact) mass is 351 g/mol. The molecule has 0 saturated heterocycles. The van der Waals surface area contributed by atoms with Crippen molar-refractivity contribution in [1.82, 2.24) is 0 Å². The predicted octanol–water partition coefficient (Wildman–Crippen LogP) is 4.96. The minimum atomic E-state index is 0.00512. The predicted molar refractivity (Wildman–Crippen MR) is 103 cm³/mol. The van der Waals surface area contributed by atoms with E-state index in [2.05, 4.69) is 43.4 Å². The van der Waals surface area contributed by atoms with Crippen LogP contribution in [0.4, 0.5) is 5.69 Å². The van der Waals surface area contributed by atoms with Gasteiger partial charge in [-0.05, 0) is 54.2 Å². The summed E-state index contributed by atoms with van der Waals surface area (Å²) in [6, 6.07) is 11.1. The fraction of sp³-hybridized carbons (Fsp3) is 0.364. The Morgan fingerprint density at radius 2 is 1.96 bits per heavy atom. The SMILES string of the molecule is CC(C)COc1ccc2c(c1)C1C=CCC1C(c1ccc(O)cc1O)N2. The quantitative estimate of drug-likeness (QED) is 0.682. The van der Waals surface area contributed by atoms with Crippen molar-refractivity contribution in [3.05, 3.63) is 59.7 Å². The van der Waals surface area contributed by atoms with Crippen LogP contribution >= 0.6 is 0 Å². The van der Waals surface area contributed by atoms with E-state index in [9.17, 15) is 10.2 Å². The maximum Gasteiger partial charge on any atom is 0.124 e. The molecule has 0 amide bonds. The van der Waals surface area contributed by atoms with Crippen LogP contribution in [0.15, 0.2) is 48.6 Å². The van der Waals surface area contributed by atoms with Crippen LogP contribution in [0.25, 0.3) is 0 Å². The number of phenols is 2. The van der Waals surface area contributed by atoms with Crippen molar-refractivity contribution in [1.29, 1.82) is 0 Å². The zero-order chi connectivity index (χ0) is 18.3. The van der Waals surface area contributed by atoms with Gasteiger partial charge >= 0.3 is 0 Å². The molecule has 0 spiro atoms. The average Bonchev–Trinajstić information content (AvgIpc) is 3.09. The van der Waals surface area contributed by atoms with Crippen LogP contribution in [0.5, 0.6) is 17.2 Å². The first-order chi connectivity index (χ1) is 12.5. The fourth-order valence-electron chi connectivity index (χ4n) is 4.03. The molecule has 136 valence electrons. The molecule has 1 aliphatic heterocycles. The first kappa shape index (κ1) is 16.8. The highest BCUT2D eigenvalue weighted by atomic mass is 16.5. The first-order valence-electron chi connectivity index (χ1n) is 9.24. The molecule has 2 aliphatic rings. The summed E-state index contributed by atoms with van der Waals surface area (Å²) in [5, 5.41) is 23.5. The standard InChI is InChI=1S/C22H25NO3/c1-13(2)12-26-15-7-9-20-19(11-15)16-4-3-5-17(16)22(23-20)18-8-6-14(24)10-21(18)25/h3-4,6-11,13,16-17,22-25H,5,12H2,1-2H3. The molecule has 26 heavy (non-hydrogen) atoms. The Bertz CT molecular complexity index is 843. The van der Waals surface area contributed by atoms with Crippen LogP contribution in [0, 0.1) is 11.8 Å². The van der Waals surface area contributed by atoms with Crippen molar-refractivity contribution >= 4 is 5.69 Å². The molecular formula is C22H25NO3. The number of phenolic OH excluding ortho intramolecular Hbond substituents is 2. The number of hydrogen-bond donors (Lipinski definition) is 3. The van der Waals surface area contributed by atoms with Gasteiger partial charge in [0.1, 0.15) is 17.2 Å². The lowest BCUT2D eigenvalue weighted by atomic mass is 9.77. The normalized spacial score (nSPS) is 23.4. The molecule has 2 aromatic rings. The first-order valence-corrected chi connectivity index (χ1v) is 9.24. The second-order valence-electron chi connectivity index (χ2n) is 7.67. The van der Waals surface area contributed by atoms with E-state index in [1.165, 1.54) is 11.6 Å². The number of benzene rings is 2. The zero-order valence-electron chi connectivity index (χ0n) is 15.1. The van der Waals surface area contributed by atoms with E-state index in [4.69, 9.17) is 4.74 Å². The minimum absolute atomic E-state index is 0.00512. The Morgan fingerprint density at radius 3 is 2.73 bits per heavy atom. The van der Waals surface area contributed by atoms with E-state index in [0.717, 1.165) is 23.4 Å². The second-order valence-corrected chi connectivity index (χ2v) is 7.67. The average molecular weight is 351 g/mol. The number of hydrogen-bond acceptors (Lipinski definition) is 4. The Morgan fingerprint density at radius 1 is 1.12 bits per heavy atom. The van der Waals surface area contributed by atoms with Gasteiger partial charge in [-0.25, -0.2) is 0 Å². The third kappa shape index (κ3) is 3.00. The molecule has 4 rings (SSSR count). The van der Waals surface area contributed by atoms with Crippen LogP contribution < -0.4 is 10.1 Å². The topological polar surface area (TPSA) is 61.7 Å². The van der Waals surface area contributed by atoms with E-state index in [1.54, 1.807) is 6.07 Å². The van der Waals surface area contributed by atoms with Gasteiger partial charge in [0.25, 0.3) is 0 Å². The van der Waals surface area contributed by atoms with Crippen LogP contribution in [-0.2, 0) is 0 Å². The molecule has 0 radical (unpaired) electrons. The molecule has 4 nitrogen and oxygen atoms in total. The number of fused-ring (bicyclic) bond motifs is 3. The number of allylic oxidation sites excluding steroid dienone is 2. The van der Waals surface area contributed by atoms with Crippen LogP contribution in [0.1, 0.15) is 43.4 Å². The summed E-state index contributed by atoms with van der Waals surface area (Å²) in [4.78, 5) is 0. The third-order valence-electron chi connectivity index (χ3n) is 5.27. The number of anilines is 1. The van der Waals surface area contributed by atoms with Gasteiger partial charge < -0.3 is 20.3 Å². The van der Waals surface area contributed by atoms with Crippen molar-refractivity contribution in [2.75, 3.05) is 11.9 Å². The number of aromatic hydroxyl groups is 2. The Labute approximate surface area is 154 Å². The van der Waals surface area contributed by atoms with E-state index < -0.39 is 0 Å². The summed E-state index contributed by atoms with van der Waals surface area (Å²) < 4.78 is 5.91. The molecule has 3 atom stereocenters. The molecule has 2 aromatic carbocycles. The lowest BCUT2D eigenvalue weighted by Gasteiger charge is -2.38. The molecule has 0 aromatic heterocycles. The third-order valence-corrected chi connectivity index (χ3v) is 5.27. The highest BCUT2D eigenvalue weighted by Gasteiger charge is 2.39. The largest absolute Gasteiger partial charge is 0.508 e. The van der Waals surface area contributed by atoms with Gasteiger partial charge in [-0.3, -0.25) is 0 Å².